The maximum absolute atomic E-state index is 12.0. The van der Waals surface area contributed by atoms with Crippen molar-refractivity contribution in [1.29, 1.82) is 0 Å². The van der Waals surface area contributed by atoms with Crippen molar-refractivity contribution in [1.82, 2.24) is 29.6 Å². The first kappa shape index (κ1) is 22.7. The summed E-state index contributed by atoms with van der Waals surface area (Å²) in [5.41, 5.74) is 3.32. The molecule has 5 rings (SSSR count). The summed E-state index contributed by atoms with van der Waals surface area (Å²) >= 11 is 0. The van der Waals surface area contributed by atoms with E-state index < -0.39 is 0 Å². The highest BCUT2D eigenvalue weighted by Gasteiger charge is 2.28. The van der Waals surface area contributed by atoms with Crippen LogP contribution in [-0.2, 0) is 11.3 Å². The monoisotopic (exact) mass is 462 g/mol. The van der Waals surface area contributed by atoms with Crippen molar-refractivity contribution < 1.29 is 4.79 Å². The zero-order valence-corrected chi connectivity index (χ0v) is 20.2. The molecule has 0 spiro atoms. The van der Waals surface area contributed by atoms with Gasteiger partial charge in [-0.15, -0.1) is 15.3 Å². The number of fused-ring (bicyclic) bond motifs is 1. The maximum atomic E-state index is 12.0. The molecule has 0 unspecified atom stereocenters. The number of benzene rings is 1. The molecule has 3 aromatic rings. The lowest BCUT2D eigenvalue weighted by molar-refractivity contribution is -0.115. The minimum Gasteiger partial charge on any atom is -0.352 e. The summed E-state index contributed by atoms with van der Waals surface area (Å²) < 4.78 is 1.69. The summed E-state index contributed by atoms with van der Waals surface area (Å²) in [6.07, 6.45) is 2.58. The van der Waals surface area contributed by atoms with E-state index in [-0.39, 0.29) is 5.91 Å². The number of likely N-dealkylation sites (N-methyl/N-ethyl adjacent to an activating group) is 1. The molecule has 2 fully saturated rings. The van der Waals surface area contributed by atoms with Crippen LogP contribution in [0.25, 0.3) is 5.65 Å². The summed E-state index contributed by atoms with van der Waals surface area (Å²) in [5, 5.41) is 16.4. The molecular weight excluding hydrogens is 428 g/mol. The average Bonchev–Trinajstić information content (AvgIpc) is 3.26. The smallest absolute Gasteiger partial charge is 0.252 e. The van der Waals surface area contributed by atoms with Crippen LogP contribution in [0, 0.1) is 0 Å². The Hall–Kier alpha value is -3.04. The van der Waals surface area contributed by atoms with Crippen molar-refractivity contribution in [2.45, 2.75) is 38.6 Å². The first-order valence-electron chi connectivity index (χ1n) is 12.4. The van der Waals surface area contributed by atoms with Crippen LogP contribution in [0.5, 0.6) is 0 Å². The minimum atomic E-state index is -0.0906. The van der Waals surface area contributed by atoms with Gasteiger partial charge in [-0.3, -0.25) is 15.0 Å². The fraction of sp³-hybridized carbons (Fsp3) is 0.520. The maximum Gasteiger partial charge on any atom is 0.252 e. The van der Waals surface area contributed by atoms with Gasteiger partial charge in [-0.05, 0) is 50.5 Å². The summed E-state index contributed by atoms with van der Waals surface area (Å²) in [7, 11) is 2.16. The number of amides is 1. The van der Waals surface area contributed by atoms with Gasteiger partial charge in [0.2, 0.25) is 5.91 Å². The first-order chi connectivity index (χ1) is 16.6. The Morgan fingerprint density at radius 2 is 1.76 bits per heavy atom. The van der Waals surface area contributed by atoms with Crippen LogP contribution in [0.3, 0.4) is 0 Å². The average molecular weight is 463 g/mol. The van der Waals surface area contributed by atoms with Crippen LogP contribution < -0.4 is 10.2 Å². The SMILES string of the molecule is CCC(=O)Nc1nnc2cc(C3CCN(Cc4ccccc4)CC3)c(N3CCN(C)CC3)nn12. The van der Waals surface area contributed by atoms with Crippen LogP contribution >= 0.6 is 0 Å². The van der Waals surface area contributed by atoms with E-state index in [9.17, 15) is 4.79 Å². The van der Waals surface area contributed by atoms with Gasteiger partial charge in [-0.2, -0.15) is 4.52 Å². The molecule has 0 aliphatic carbocycles. The highest BCUT2D eigenvalue weighted by Crippen LogP contribution is 2.35. The Bertz CT molecular complexity index is 1110. The fourth-order valence-corrected chi connectivity index (χ4v) is 4.94. The highest BCUT2D eigenvalue weighted by atomic mass is 16.1. The van der Waals surface area contributed by atoms with E-state index in [4.69, 9.17) is 5.10 Å². The molecule has 1 aromatic carbocycles. The number of hydrogen-bond acceptors (Lipinski definition) is 7. The zero-order chi connectivity index (χ0) is 23.5. The van der Waals surface area contributed by atoms with Crippen LogP contribution in [0.4, 0.5) is 11.8 Å². The number of rotatable bonds is 6. The lowest BCUT2D eigenvalue weighted by atomic mass is 9.89. The standard InChI is InChI=1S/C25H34N8O/c1-3-23(34)26-25-28-27-22-17-21(24(29-33(22)25)32-15-13-30(2)14-16-32)20-9-11-31(12-10-20)18-19-7-5-4-6-8-19/h4-8,17,20H,3,9-16,18H2,1-2H3,(H,26,28,34). The van der Waals surface area contributed by atoms with Gasteiger partial charge in [0.25, 0.3) is 5.95 Å². The number of carbonyl (C=O) groups is 1. The van der Waals surface area contributed by atoms with Crippen molar-refractivity contribution in [3.8, 4) is 0 Å². The lowest BCUT2D eigenvalue weighted by Gasteiger charge is -2.37. The predicted octanol–water partition coefficient (Wildman–Crippen LogP) is 2.60. The second-order valence-corrected chi connectivity index (χ2v) is 9.44. The predicted molar refractivity (Wildman–Crippen MR) is 133 cm³/mol. The number of nitrogens with zero attached hydrogens (tertiary/aromatic N) is 7. The summed E-state index contributed by atoms with van der Waals surface area (Å²) in [5.74, 6) is 1.74. The molecular formula is C25H34N8O. The molecule has 4 heterocycles. The molecule has 2 aromatic heterocycles. The number of carbonyl (C=O) groups excluding carboxylic acids is 1. The van der Waals surface area contributed by atoms with E-state index in [0.29, 0.717) is 23.9 Å². The number of aromatic nitrogens is 4. The third kappa shape index (κ3) is 4.90. The second-order valence-electron chi connectivity index (χ2n) is 9.44. The Kier molecular flexibility index (Phi) is 6.73. The Morgan fingerprint density at radius 3 is 2.47 bits per heavy atom. The Labute approximate surface area is 200 Å². The van der Waals surface area contributed by atoms with Gasteiger partial charge in [0.15, 0.2) is 11.5 Å². The topological polar surface area (TPSA) is 81.9 Å². The molecule has 2 aliphatic rings. The van der Waals surface area contributed by atoms with Crippen LogP contribution in [-0.4, -0.2) is 81.8 Å². The minimum absolute atomic E-state index is 0.0906. The normalized spacial score (nSPS) is 18.5. The van der Waals surface area contributed by atoms with Crippen LogP contribution in [0.1, 0.15) is 43.2 Å². The fourth-order valence-electron chi connectivity index (χ4n) is 4.94. The number of piperidine rings is 1. The van der Waals surface area contributed by atoms with Gasteiger partial charge in [-0.25, -0.2) is 0 Å². The van der Waals surface area contributed by atoms with Gasteiger partial charge < -0.3 is 9.80 Å². The third-order valence-electron chi connectivity index (χ3n) is 7.05. The van der Waals surface area contributed by atoms with E-state index >= 15 is 0 Å². The van der Waals surface area contributed by atoms with Gasteiger partial charge in [0, 0.05) is 44.7 Å². The molecule has 2 aliphatic heterocycles. The highest BCUT2D eigenvalue weighted by molar-refractivity contribution is 5.89. The third-order valence-corrected chi connectivity index (χ3v) is 7.05. The summed E-state index contributed by atoms with van der Waals surface area (Å²) in [6.45, 7) is 8.85. The van der Waals surface area contributed by atoms with Gasteiger partial charge >= 0.3 is 0 Å². The molecule has 0 radical (unpaired) electrons. The Balaban J connectivity index is 1.40. The van der Waals surface area contributed by atoms with E-state index in [1.807, 2.05) is 6.92 Å². The molecule has 0 bridgehead atoms. The van der Waals surface area contributed by atoms with E-state index in [1.165, 1.54) is 11.1 Å². The van der Waals surface area contributed by atoms with Crippen molar-refractivity contribution in [3.05, 3.63) is 47.5 Å². The molecule has 0 saturated carbocycles. The number of anilines is 2. The van der Waals surface area contributed by atoms with Gasteiger partial charge in [-0.1, -0.05) is 37.3 Å². The van der Waals surface area contributed by atoms with Crippen molar-refractivity contribution >= 4 is 23.3 Å². The van der Waals surface area contributed by atoms with E-state index in [0.717, 1.165) is 64.5 Å². The summed E-state index contributed by atoms with van der Waals surface area (Å²) in [6, 6.07) is 12.8. The van der Waals surface area contributed by atoms with Crippen LogP contribution in [0.15, 0.2) is 36.4 Å². The quantitative estimate of drug-likeness (QED) is 0.603. The van der Waals surface area contributed by atoms with Gasteiger partial charge in [0.05, 0.1) is 0 Å². The molecule has 0 atom stereocenters. The van der Waals surface area contributed by atoms with Crippen molar-refractivity contribution in [2.75, 3.05) is 56.5 Å². The first-order valence-corrected chi connectivity index (χ1v) is 12.4. The molecule has 1 N–H and O–H groups in total. The molecule has 180 valence electrons. The number of nitrogens with one attached hydrogen (secondary N) is 1. The van der Waals surface area contributed by atoms with Crippen LogP contribution in [0.2, 0.25) is 0 Å². The van der Waals surface area contributed by atoms with Crippen molar-refractivity contribution in [3.63, 3.8) is 0 Å². The van der Waals surface area contributed by atoms with E-state index in [1.54, 1.807) is 4.52 Å². The van der Waals surface area contributed by atoms with E-state index in [2.05, 4.69) is 73.7 Å². The molecule has 9 nitrogen and oxygen atoms in total. The molecule has 1 amide bonds. The van der Waals surface area contributed by atoms with Gasteiger partial charge in [0.1, 0.15) is 0 Å². The number of hydrogen-bond donors (Lipinski definition) is 1. The summed E-state index contributed by atoms with van der Waals surface area (Å²) in [4.78, 5) is 19.3. The largest absolute Gasteiger partial charge is 0.352 e. The molecule has 2 saturated heterocycles. The Morgan fingerprint density at radius 1 is 1.03 bits per heavy atom. The zero-order valence-electron chi connectivity index (χ0n) is 20.2. The number of piperazine rings is 1. The molecule has 9 heteroatoms. The number of likely N-dealkylation sites (tertiary alicyclic amines) is 1. The second kappa shape index (κ2) is 10.1. The lowest BCUT2D eigenvalue weighted by Crippen LogP contribution is -2.45. The van der Waals surface area contributed by atoms with Crippen molar-refractivity contribution in [2.24, 2.45) is 0 Å². The molecule has 34 heavy (non-hydrogen) atoms.